The molecule has 4 heteroatoms. The highest BCUT2D eigenvalue weighted by atomic mass is 16.1. The van der Waals surface area contributed by atoms with Crippen molar-refractivity contribution < 1.29 is 0 Å². The Balaban J connectivity index is 3.03. The van der Waals surface area contributed by atoms with Crippen LogP contribution in [-0.2, 0) is 7.05 Å². The Kier molecular flexibility index (Phi) is 1.52. The van der Waals surface area contributed by atoms with Crippen LogP contribution in [0.15, 0.2) is 11.0 Å². The number of aromatic amines is 1. The second kappa shape index (κ2) is 2.45. The average molecular weight is 177 g/mol. The van der Waals surface area contributed by atoms with Gasteiger partial charge in [0.25, 0.3) is 5.56 Å². The first-order valence-corrected chi connectivity index (χ1v) is 4.12. The van der Waals surface area contributed by atoms with E-state index in [1.165, 1.54) is 4.68 Å². The largest absolute Gasteiger partial charge is 0.293 e. The quantitative estimate of drug-likeness (QED) is 0.649. The number of fused-ring (bicyclic) bond motifs is 1. The molecule has 0 bridgehead atoms. The molecule has 0 radical (unpaired) electrons. The molecule has 0 fully saturated rings. The van der Waals surface area contributed by atoms with Crippen LogP contribution in [0.25, 0.3) is 11.0 Å². The summed E-state index contributed by atoms with van der Waals surface area (Å²) in [5.74, 6) is 0. The van der Waals surface area contributed by atoms with Gasteiger partial charge in [0.1, 0.15) is 0 Å². The van der Waals surface area contributed by atoms with E-state index in [4.69, 9.17) is 0 Å². The van der Waals surface area contributed by atoms with Gasteiger partial charge in [-0.3, -0.25) is 14.6 Å². The molecule has 13 heavy (non-hydrogen) atoms. The minimum atomic E-state index is -0.0712. The third-order valence-electron chi connectivity index (χ3n) is 2.38. The molecule has 2 rings (SSSR count). The van der Waals surface area contributed by atoms with Crippen LogP contribution in [0.1, 0.15) is 11.1 Å². The fourth-order valence-electron chi connectivity index (χ4n) is 1.37. The summed E-state index contributed by atoms with van der Waals surface area (Å²) in [6, 6.07) is 0. The Morgan fingerprint density at radius 3 is 2.85 bits per heavy atom. The fraction of sp³-hybridized carbons (Fsp3) is 0.333. The zero-order valence-electron chi connectivity index (χ0n) is 7.88. The highest BCUT2D eigenvalue weighted by molar-refractivity contribution is 5.77. The van der Waals surface area contributed by atoms with E-state index in [1.807, 2.05) is 13.8 Å². The molecule has 68 valence electrons. The summed E-state index contributed by atoms with van der Waals surface area (Å²) in [6.07, 6.45) is 1.73. The van der Waals surface area contributed by atoms with Crippen LogP contribution < -0.4 is 5.56 Å². The molecule has 2 aromatic heterocycles. The van der Waals surface area contributed by atoms with E-state index in [0.29, 0.717) is 5.52 Å². The van der Waals surface area contributed by atoms with E-state index in [1.54, 1.807) is 13.2 Å². The van der Waals surface area contributed by atoms with Crippen LogP contribution in [-0.4, -0.2) is 14.8 Å². The Morgan fingerprint density at radius 2 is 2.15 bits per heavy atom. The van der Waals surface area contributed by atoms with Gasteiger partial charge in [-0.2, -0.15) is 0 Å². The van der Waals surface area contributed by atoms with E-state index in [2.05, 4.69) is 10.1 Å². The summed E-state index contributed by atoms with van der Waals surface area (Å²) in [4.78, 5) is 15.6. The van der Waals surface area contributed by atoms with Gasteiger partial charge in [0, 0.05) is 13.2 Å². The fourth-order valence-corrected chi connectivity index (χ4v) is 1.37. The summed E-state index contributed by atoms with van der Waals surface area (Å²) in [6.45, 7) is 3.96. The molecule has 0 atom stereocenters. The number of aromatic nitrogens is 3. The summed E-state index contributed by atoms with van der Waals surface area (Å²) >= 11 is 0. The van der Waals surface area contributed by atoms with Gasteiger partial charge in [0.05, 0.1) is 5.52 Å². The molecular weight excluding hydrogens is 166 g/mol. The molecule has 2 heterocycles. The molecule has 2 aromatic rings. The molecular formula is C9H11N3O. The molecule has 0 aliphatic carbocycles. The maximum Gasteiger partial charge on any atom is 0.292 e. The second-order valence-corrected chi connectivity index (χ2v) is 3.27. The predicted octanol–water partition coefficient (Wildman–Crippen LogP) is 0.878. The Bertz CT molecular complexity index is 521. The standard InChI is InChI=1S/C9H11N3O/c1-5-4-10-8-7(6(5)2)11-12(3)9(8)13/h4,11H,1-3H3. The first kappa shape index (κ1) is 8.04. The van der Waals surface area contributed by atoms with Gasteiger partial charge in [-0.05, 0) is 25.0 Å². The van der Waals surface area contributed by atoms with E-state index in [-0.39, 0.29) is 5.56 Å². The number of H-pyrrole nitrogens is 1. The zero-order valence-corrected chi connectivity index (χ0v) is 7.88. The lowest BCUT2D eigenvalue weighted by atomic mass is 10.1. The minimum absolute atomic E-state index is 0.0712. The van der Waals surface area contributed by atoms with Crippen molar-refractivity contribution in [2.45, 2.75) is 13.8 Å². The van der Waals surface area contributed by atoms with Crippen LogP contribution in [0.2, 0.25) is 0 Å². The van der Waals surface area contributed by atoms with Crippen molar-refractivity contribution in [3.05, 3.63) is 27.7 Å². The lowest BCUT2D eigenvalue weighted by molar-refractivity contribution is 0.750. The van der Waals surface area contributed by atoms with E-state index >= 15 is 0 Å². The van der Waals surface area contributed by atoms with Crippen molar-refractivity contribution in [3.63, 3.8) is 0 Å². The number of nitrogens with one attached hydrogen (secondary N) is 1. The molecule has 0 aromatic carbocycles. The lowest BCUT2D eigenvalue weighted by Crippen LogP contribution is -2.11. The normalized spacial score (nSPS) is 11.0. The Morgan fingerprint density at radius 1 is 1.46 bits per heavy atom. The molecule has 0 saturated heterocycles. The second-order valence-electron chi connectivity index (χ2n) is 3.27. The number of rotatable bonds is 0. The van der Waals surface area contributed by atoms with Crippen LogP contribution in [0.5, 0.6) is 0 Å². The van der Waals surface area contributed by atoms with Gasteiger partial charge in [-0.25, -0.2) is 4.98 Å². The number of aryl methyl sites for hydroxylation is 3. The third kappa shape index (κ3) is 0.983. The maximum absolute atomic E-state index is 11.5. The van der Waals surface area contributed by atoms with Crippen LogP contribution in [0, 0.1) is 13.8 Å². The molecule has 0 saturated carbocycles. The number of nitrogens with zero attached hydrogens (tertiary/aromatic N) is 2. The van der Waals surface area contributed by atoms with Crippen molar-refractivity contribution in [1.29, 1.82) is 0 Å². The summed E-state index contributed by atoms with van der Waals surface area (Å²) in [7, 11) is 1.69. The van der Waals surface area contributed by atoms with Gasteiger partial charge in [0.2, 0.25) is 0 Å². The highest BCUT2D eigenvalue weighted by Crippen LogP contribution is 2.13. The highest BCUT2D eigenvalue weighted by Gasteiger charge is 2.08. The monoisotopic (exact) mass is 177 g/mol. The number of hydrogen-bond donors (Lipinski definition) is 1. The Labute approximate surface area is 75.2 Å². The van der Waals surface area contributed by atoms with Gasteiger partial charge >= 0.3 is 0 Å². The number of pyridine rings is 1. The summed E-state index contributed by atoms with van der Waals surface area (Å²) in [5.41, 5.74) is 3.47. The first-order chi connectivity index (χ1) is 6.11. The molecule has 0 spiro atoms. The van der Waals surface area contributed by atoms with E-state index in [9.17, 15) is 4.79 Å². The third-order valence-corrected chi connectivity index (χ3v) is 2.38. The van der Waals surface area contributed by atoms with Crippen molar-refractivity contribution in [2.75, 3.05) is 0 Å². The SMILES string of the molecule is Cc1cnc2c(=O)n(C)[nH]c2c1C. The van der Waals surface area contributed by atoms with E-state index in [0.717, 1.165) is 16.6 Å². The van der Waals surface area contributed by atoms with Crippen molar-refractivity contribution >= 4 is 11.0 Å². The number of hydrogen-bond acceptors (Lipinski definition) is 2. The topological polar surface area (TPSA) is 50.7 Å². The van der Waals surface area contributed by atoms with Crippen LogP contribution in [0.3, 0.4) is 0 Å². The van der Waals surface area contributed by atoms with Crippen LogP contribution >= 0.6 is 0 Å². The summed E-state index contributed by atoms with van der Waals surface area (Å²) < 4.78 is 1.45. The molecule has 0 amide bonds. The molecule has 0 aliphatic rings. The van der Waals surface area contributed by atoms with Crippen molar-refractivity contribution in [1.82, 2.24) is 14.8 Å². The molecule has 0 aliphatic heterocycles. The van der Waals surface area contributed by atoms with Gasteiger partial charge < -0.3 is 0 Å². The molecule has 4 nitrogen and oxygen atoms in total. The average Bonchev–Trinajstić information content (AvgIpc) is 2.38. The molecule has 0 unspecified atom stereocenters. The van der Waals surface area contributed by atoms with Crippen molar-refractivity contribution in [3.8, 4) is 0 Å². The van der Waals surface area contributed by atoms with Crippen molar-refractivity contribution in [2.24, 2.45) is 7.05 Å². The van der Waals surface area contributed by atoms with Crippen LogP contribution in [0.4, 0.5) is 0 Å². The zero-order chi connectivity index (χ0) is 9.59. The Hall–Kier alpha value is -1.58. The van der Waals surface area contributed by atoms with E-state index < -0.39 is 0 Å². The lowest BCUT2D eigenvalue weighted by Gasteiger charge is -1.97. The maximum atomic E-state index is 11.5. The predicted molar refractivity (Wildman–Crippen MR) is 50.8 cm³/mol. The molecule has 1 N–H and O–H groups in total. The van der Waals surface area contributed by atoms with Gasteiger partial charge in [-0.1, -0.05) is 0 Å². The first-order valence-electron chi connectivity index (χ1n) is 4.12. The smallest absolute Gasteiger partial charge is 0.292 e. The summed E-state index contributed by atoms with van der Waals surface area (Å²) in [5, 5.41) is 2.98. The minimum Gasteiger partial charge on any atom is -0.293 e. The van der Waals surface area contributed by atoms with Gasteiger partial charge in [-0.15, -0.1) is 0 Å². The van der Waals surface area contributed by atoms with Gasteiger partial charge in [0.15, 0.2) is 5.52 Å².